The molecule has 3 unspecified atom stereocenters. The lowest BCUT2D eigenvalue weighted by Gasteiger charge is -2.43. The normalized spacial score (nSPS) is 30.3. The van der Waals surface area contributed by atoms with E-state index in [2.05, 4.69) is 6.58 Å². The SMILES string of the molecule is C=C(CO)C1CCC2C(=O)c3cc(O)ccc3OC2(O)C1=O. The predicted molar refractivity (Wildman–Crippen MR) is 75.5 cm³/mol. The second-order valence-electron chi connectivity index (χ2n) is 5.71. The molecule has 3 N–H and O–H groups in total. The Kier molecular flexibility index (Phi) is 3.30. The fourth-order valence-corrected chi connectivity index (χ4v) is 3.17. The number of phenols is 1. The van der Waals surface area contributed by atoms with Gasteiger partial charge in [0, 0.05) is 5.92 Å². The highest BCUT2D eigenvalue weighted by Crippen LogP contribution is 2.45. The zero-order valence-corrected chi connectivity index (χ0v) is 11.8. The van der Waals surface area contributed by atoms with Crippen molar-refractivity contribution in [3.8, 4) is 11.5 Å². The number of carbonyl (C=O) groups is 2. The van der Waals surface area contributed by atoms with Gasteiger partial charge in [0.05, 0.1) is 18.1 Å². The second kappa shape index (κ2) is 4.93. The lowest BCUT2D eigenvalue weighted by Crippen LogP contribution is -2.61. The van der Waals surface area contributed by atoms with Crippen LogP contribution in [-0.2, 0) is 4.79 Å². The lowest BCUT2D eigenvalue weighted by molar-refractivity contribution is -0.198. The number of aliphatic hydroxyl groups excluding tert-OH is 1. The highest BCUT2D eigenvalue weighted by Gasteiger charge is 2.58. The fourth-order valence-electron chi connectivity index (χ4n) is 3.17. The summed E-state index contributed by atoms with van der Waals surface area (Å²) in [6.07, 6.45) is 0.550. The zero-order chi connectivity index (χ0) is 16.1. The van der Waals surface area contributed by atoms with Gasteiger partial charge in [-0.1, -0.05) is 6.58 Å². The Balaban J connectivity index is 2.04. The Labute approximate surface area is 126 Å². The number of rotatable bonds is 2. The van der Waals surface area contributed by atoms with Crippen molar-refractivity contribution in [2.45, 2.75) is 18.6 Å². The van der Waals surface area contributed by atoms with Crippen molar-refractivity contribution in [2.24, 2.45) is 11.8 Å². The van der Waals surface area contributed by atoms with Gasteiger partial charge in [0.15, 0.2) is 5.78 Å². The molecule has 3 atom stereocenters. The van der Waals surface area contributed by atoms with Crippen molar-refractivity contribution in [3.05, 3.63) is 35.9 Å². The Morgan fingerprint density at radius 1 is 1.36 bits per heavy atom. The van der Waals surface area contributed by atoms with Crippen LogP contribution >= 0.6 is 0 Å². The van der Waals surface area contributed by atoms with E-state index in [9.17, 15) is 19.8 Å². The third-order valence-electron chi connectivity index (χ3n) is 4.39. The van der Waals surface area contributed by atoms with Crippen LogP contribution in [0.15, 0.2) is 30.4 Å². The van der Waals surface area contributed by atoms with Crippen LogP contribution < -0.4 is 4.74 Å². The number of Topliss-reactive ketones (excluding diaryl/α,β-unsaturated/α-hetero) is 2. The largest absolute Gasteiger partial charge is 0.508 e. The number of hydrogen-bond donors (Lipinski definition) is 3. The van der Waals surface area contributed by atoms with Gasteiger partial charge in [0.1, 0.15) is 11.5 Å². The summed E-state index contributed by atoms with van der Waals surface area (Å²) < 4.78 is 5.44. The summed E-state index contributed by atoms with van der Waals surface area (Å²) >= 11 is 0. The number of carbonyl (C=O) groups excluding carboxylic acids is 2. The molecule has 6 nitrogen and oxygen atoms in total. The van der Waals surface area contributed by atoms with Crippen LogP contribution in [0.2, 0.25) is 0 Å². The maximum absolute atomic E-state index is 12.6. The molecule has 0 saturated heterocycles. The summed E-state index contributed by atoms with van der Waals surface area (Å²) in [5.41, 5.74) is 0.450. The van der Waals surface area contributed by atoms with E-state index in [1.54, 1.807) is 0 Å². The van der Waals surface area contributed by atoms with Gasteiger partial charge in [0.2, 0.25) is 5.78 Å². The summed E-state index contributed by atoms with van der Waals surface area (Å²) in [5, 5.41) is 29.3. The van der Waals surface area contributed by atoms with E-state index in [1.165, 1.54) is 18.2 Å². The topological polar surface area (TPSA) is 104 Å². The fraction of sp³-hybridized carbons (Fsp3) is 0.375. The summed E-state index contributed by atoms with van der Waals surface area (Å²) in [7, 11) is 0. The highest BCUT2D eigenvalue weighted by atomic mass is 16.6. The highest BCUT2D eigenvalue weighted by molar-refractivity contribution is 6.07. The van der Waals surface area contributed by atoms with Gasteiger partial charge < -0.3 is 20.1 Å². The average molecular weight is 304 g/mol. The van der Waals surface area contributed by atoms with Crippen LogP contribution in [0.3, 0.4) is 0 Å². The monoisotopic (exact) mass is 304 g/mol. The maximum Gasteiger partial charge on any atom is 0.278 e. The van der Waals surface area contributed by atoms with Gasteiger partial charge in [-0.25, -0.2) is 0 Å². The second-order valence-corrected chi connectivity index (χ2v) is 5.71. The number of fused-ring (bicyclic) bond motifs is 2. The maximum atomic E-state index is 12.6. The van der Waals surface area contributed by atoms with E-state index < -0.39 is 29.2 Å². The van der Waals surface area contributed by atoms with Crippen LogP contribution in [0.5, 0.6) is 11.5 Å². The summed E-state index contributed by atoms with van der Waals surface area (Å²) in [5.74, 6) is -5.12. The molecule has 1 saturated carbocycles. The minimum absolute atomic E-state index is 0.0603. The molecular formula is C16H16O6. The predicted octanol–water partition coefficient (Wildman–Crippen LogP) is 0.800. The third kappa shape index (κ3) is 1.95. The van der Waals surface area contributed by atoms with Crippen molar-refractivity contribution < 1.29 is 29.6 Å². The zero-order valence-electron chi connectivity index (χ0n) is 11.8. The number of benzene rings is 1. The summed E-state index contributed by atoms with van der Waals surface area (Å²) in [6.45, 7) is 3.27. The minimum atomic E-state index is -2.25. The Bertz CT molecular complexity index is 679. The first kappa shape index (κ1) is 14.7. The molecule has 1 fully saturated rings. The molecule has 116 valence electrons. The van der Waals surface area contributed by atoms with E-state index in [0.717, 1.165) is 0 Å². The molecular weight excluding hydrogens is 288 g/mol. The van der Waals surface area contributed by atoms with Gasteiger partial charge in [-0.3, -0.25) is 9.59 Å². The summed E-state index contributed by atoms with van der Waals surface area (Å²) in [6, 6.07) is 3.92. The van der Waals surface area contributed by atoms with Gasteiger partial charge in [-0.05, 0) is 36.6 Å². The van der Waals surface area contributed by atoms with Crippen molar-refractivity contribution in [2.75, 3.05) is 6.61 Å². The summed E-state index contributed by atoms with van der Waals surface area (Å²) in [4.78, 5) is 25.1. The number of hydrogen-bond acceptors (Lipinski definition) is 6. The molecule has 3 rings (SSSR count). The Hall–Kier alpha value is -2.18. The average Bonchev–Trinajstić information content (AvgIpc) is 2.49. The minimum Gasteiger partial charge on any atom is -0.508 e. The van der Waals surface area contributed by atoms with Gasteiger partial charge in [-0.15, -0.1) is 0 Å². The molecule has 0 spiro atoms. The van der Waals surface area contributed by atoms with E-state index in [1.807, 2.05) is 0 Å². The quantitative estimate of drug-likeness (QED) is 0.698. The first-order chi connectivity index (χ1) is 10.4. The number of aromatic hydroxyl groups is 1. The van der Waals surface area contributed by atoms with E-state index in [-0.39, 0.29) is 30.1 Å². The van der Waals surface area contributed by atoms with E-state index in [4.69, 9.17) is 9.84 Å². The van der Waals surface area contributed by atoms with Crippen LogP contribution in [0.1, 0.15) is 23.2 Å². The van der Waals surface area contributed by atoms with E-state index >= 15 is 0 Å². The van der Waals surface area contributed by atoms with Crippen LogP contribution in [0.4, 0.5) is 0 Å². The molecule has 22 heavy (non-hydrogen) atoms. The Morgan fingerprint density at radius 3 is 2.77 bits per heavy atom. The molecule has 1 aromatic carbocycles. The van der Waals surface area contributed by atoms with Crippen molar-refractivity contribution in [1.82, 2.24) is 0 Å². The van der Waals surface area contributed by atoms with Crippen molar-refractivity contribution >= 4 is 11.6 Å². The van der Waals surface area contributed by atoms with Gasteiger partial charge >= 0.3 is 0 Å². The van der Waals surface area contributed by atoms with Crippen LogP contribution in [0.25, 0.3) is 0 Å². The molecule has 1 aromatic rings. The molecule has 0 aromatic heterocycles. The molecule has 6 heteroatoms. The molecule has 1 aliphatic carbocycles. The molecule has 0 amide bonds. The molecule has 0 radical (unpaired) electrons. The van der Waals surface area contributed by atoms with Crippen molar-refractivity contribution in [1.29, 1.82) is 0 Å². The number of aliphatic hydroxyl groups is 2. The van der Waals surface area contributed by atoms with Crippen molar-refractivity contribution in [3.63, 3.8) is 0 Å². The van der Waals surface area contributed by atoms with Crippen LogP contribution in [-0.4, -0.2) is 39.3 Å². The third-order valence-corrected chi connectivity index (χ3v) is 4.39. The smallest absolute Gasteiger partial charge is 0.278 e. The lowest BCUT2D eigenvalue weighted by atomic mass is 9.70. The molecule has 2 aliphatic rings. The standard InChI is InChI=1S/C16H16O6/c1-8(7-17)10-3-4-12-14(19)11-6-9(18)2-5-13(11)22-16(12,21)15(10)20/h2,5-6,10,12,17-18,21H,1,3-4,7H2. The van der Waals surface area contributed by atoms with Gasteiger partial charge in [0.25, 0.3) is 5.79 Å². The number of phenolic OH excluding ortho intramolecular Hbond substituents is 1. The van der Waals surface area contributed by atoms with E-state index in [0.29, 0.717) is 12.0 Å². The van der Waals surface area contributed by atoms with Gasteiger partial charge in [-0.2, -0.15) is 0 Å². The first-order valence-corrected chi connectivity index (χ1v) is 7.00. The first-order valence-electron chi connectivity index (χ1n) is 7.00. The molecule has 1 heterocycles. The number of ketones is 2. The van der Waals surface area contributed by atoms with Crippen LogP contribution in [0, 0.1) is 11.8 Å². The molecule has 0 bridgehead atoms. The molecule has 1 aliphatic heterocycles. The number of ether oxygens (including phenoxy) is 1. The Morgan fingerprint density at radius 2 is 2.09 bits per heavy atom.